The Hall–Kier alpha value is -0.700. The van der Waals surface area contributed by atoms with Gasteiger partial charge in [0.15, 0.2) is 0 Å². The van der Waals surface area contributed by atoms with Crippen LogP contribution < -0.4 is 4.90 Å². The van der Waals surface area contributed by atoms with Crippen LogP contribution >= 0.6 is 12.6 Å². The lowest BCUT2D eigenvalue weighted by Gasteiger charge is -2.23. The van der Waals surface area contributed by atoms with Crippen molar-refractivity contribution >= 4 is 18.3 Å². The Morgan fingerprint density at radius 2 is 1.45 bits per heavy atom. The van der Waals surface area contributed by atoms with Crippen molar-refractivity contribution in [1.82, 2.24) is 0 Å². The molecule has 0 spiro atoms. The smallest absolute Gasteiger partial charge is 0.123 e. The molecule has 0 N–H and O–H groups in total. The minimum atomic E-state index is -0.161. The lowest BCUT2D eigenvalue weighted by molar-refractivity contribution is 0.586. The van der Waals surface area contributed by atoms with E-state index in [0.29, 0.717) is 0 Å². The van der Waals surface area contributed by atoms with Crippen molar-refractivity contribution in [2.45, 2.75) is 51.9 Å². The van der Waals surface area contributed by atoms with Crippen LogP contribution in [0.4, 0.5) is 10.1 Å². The summed E-state index contributed by atoms with van der Waals surface area (Å²) in [5, 5.41) is 0. The molecule has 0 aromatic heterocycles. The Balaban J connectivity index is 2.14. The number of halogens is 1. The molecule has 114 valence electrons. The molecule has 0 radical (unpaired) electrons. The number of benzene rings is 1. The van der Waals surface area contributed by atoms with Crippen LogP contribution in [-0.2, 0) is 0 Å². The first-order valence-electron chi connectivity index (χ1n) is 7.89. The van der Waals surface area contributed by atoms with Gasteiger partial charge in [-0.2, -0.15) is 12.6 Å². The van der Waals surface area contributed by atoms with Gasteiger partial charge in [0.1, 0.15) is 5.82 Å². The van der Waals surface area contributed by atoms with Crippen molar-refractivity contribution in [2.24, 2.45) is 0 Å². The standard InChI is InChI=1S/C17H28FNS/c1-2-19(17-12-10-16(18)11-13-17)14-8-6-4-3-5-7-9-15-20/h10-13,20H,2-9,14-15H2,1H3. The molecule has 0 unspecified atom stereocenters. The third kappa shape index (κ3) is 7.18. The summed E-state index contributed by atoms with van der Waals surface area (Å²) in [7, 11) is 0. The first kappa shape index (κ1) is 17.4. The van der Waals surface area contributed by atoms with Gasteiger partial charge in [-0.3, -0.25) is 0 Å². The van der Waals surface area contributed by atoms with E-state index in [2.05, 4.69) is 24.5 Å². The summed E-state index contributed by atoms with van der Waals surface area (Å²) in [6, 6.07) is 6.82. The molecule has 1 aromatic rings. The zero-order valence-corrected chi connectivity index (χ0v) is 13.5. The molecule has 3 heteroatoms. The SMILES string of the molecule is CCN(CCCCCCCCCS)c1ccc(F)cc1. The van der Waals surface area contributed by atoms with Crippen LogP contribution in [0.5, 0.6) is 0 Å². The van der Waals surface area contributed by atoms with Crippen LogP contribution in [0.1, 0.15) is 51.9 Å². The number of thiol groups is 1. The number of hydrogen-bond donors (Lipinski definition) is 1. The van der Waals surface area contributed by atoms with Gasteiger partial charge in [-0.05, 0) is 49.8 Å². The molecule has 1 rings (SSSR count). The lowest BCUT2D eigenvalue weighted by atomic mass is 10.1. The van der Waals surface area contributed by atoms with Crippen molar-refractivity contribution < 1.29 is 4.39 Å². The molecule has 0 bridgehead atoms. The highest BCUT2D eigenvalue weighted by Gasteiger charge is 2.03. The molecule has 1 nitrogen and oxygen atoms in total. The highest BCUT2D eigenvalue weighted by Crippen LogP contribution is 2.16. The Morgan fingerprint density at radius 1 is 0.900 bits per heavy atom. The van der Waals surface area contributed by atoms with Crippen molar-refractivity contribution in [2.75, 3.05) is 23.7 Å². The van der Waals surface area contributed by atoms with E-state index in [0.717, 1.165) is 24.5 Å². The molecule has 0 fully saturated rings. The first-order valence-corrected chi connectivity index (χ1v) is 8.52. The molecule has 0 aliphatic heterocycles. The normalized spacial score (nSPS) is 10.8. The summed E-state index contributed by atoms with van der Waals surface area (Å²) in [5.41, 5.74) is 1.13. The Morgan fingerprint density at radius 3 is 2.00 bits per heavy atom. The van der Waals surface area contributed by atoms with Crippen LogP contribution in [0.15, 0.2) is 24.3 Å². The highest BCUT2D eigenvalue weighted by atomic mass is 32.1. The second-order valence-corrected chi connectivity index (χ2v) is 5.70. The summed E-state index contributed by atoms with van der Waals surface area (Å²) >= 11 is 4.22. The molecular formula is C17H28FNS. The predicted octanol–water partition coefficient (Wildman–Crippen LogP) is 5.31. The Bertz CT molecular complexity index is 339. The fourth-order valence-corrected chi connectivity index (χ4v) is 2.64. The predicted molar refractivity (Wildman–Crippen MR) is 90.5 cm³/mol. The quantitative estimate of drug-likeness (QED) is 0.428. The van der Waals surface area contributed by atoms with E-state index in [1.807, 2.05) is 12.1 Å². The molecule has 0 aliphatic rings. The molecule has 0 heterocycles. The minimum Gasteiger partial charge on any atom is -0.372 e. The highest BCUT2D eigenvalue weighted by molar-refractivity contribution is 7.80. The van der Waals surface area contributed by atoms with E-state index in [-0.39, 0.29) is 5.82 Å². The fourth-order valence-electron chi connectivity index (χ4n) is 2.42. The van der Waals surface area contributed by atoms with E-state index in [4.69, 9.17) is 0 Å². The Labute approximate surface area is 129 Å². The van der Waals surface area contributed by atoms with E-state index < -0.39 is 0 Å². The first-order chi connectivity index (χ1) is 9.77. The van der Waals surface area contributed by atoms with E-state index in [9.17, 15) is 4.39 Å². The largest absolute Gasteiger partial charge is 0.372 e. The second-order valence-electron chi connectivity index (χ2n) is 5.25. The van der Waals surface area contributed by atoms with Gasteiger partial charge < -0.3 is 4.90 Å². The average molecular weight is 297 g/mol. The van der Waals surface area contributed by atoms with Gasteiger partial charge in [0.05, 0.1) is 0 Å². The van der Waals surface area contributed by atoms with E-state index in [1.165, 1.54) is 44.9 Å². The zero-order chi connectivity index (χ0) is 14.6. The van der Waals surface area contributed by atoms with Crippen molar-refractivity contribution in [3.63, 3.8) is 0 Å². The molecular weight excluding hydrogens is 269 g/mol. The van der Waals surface area contributed by atoms with Crippen LogP contribution in [0, 0.1) is 5.82 Å². The Kier molecular flexibility index (Phi) is 9.56. The van der Waals surface area contributed by atoms with Gasteiger partial charge in [0.25, 0.3) is 0 Å². The minimum absolute atomic E-state index is 0.161. The third-order valence-electron chi connectivity index (χ3n) is 3.66. The molecule has 20 heavy (non-hydrogen) atoms. The monoisotopic (exact) mass is 297 g/mol. The molecule has 0 saturated carbocycles. The van der Waals surface area contributed by atoms with Gasteiger partial charge >= 0.3 is 0 Å². The number of nitrogens with zero attached hydrogens (tertiary/aromatic N) is 1. The van der Waals surface area contributed by atoms with Gasteiger partial charge in [-0.25, -0.2) is 4.39 Å². The maximum absolute atomic E-state index is 12.9. The van der Waals surface area contributed by atoms with Gasteiger partial charge in [0.2, 0.25) is 0 Å². The molecule has 0 atom stereocenters. The van der Waals surface area contributed by atoms with Crippen LogP contribution in [0.3, 0.4) is 0 Å². The maximum atomic E-state index is 12.9. The second kappa shape index (κ2) is 11.0. The van der Waals surface area contributed by atoms with Crippen LogP contribution in [0.25, 0.3) is 0 Å². The van der Waals surface area contributed by atoms with Crippen molar-refractivity contribution in [3.8, 4) is 0 Å². The average Bonchev–Trinajstić information content (AvgIpc) is 2.47. The number of rotatable bonds is 11. The van der Waals surface area contributed by atoms with Gasteiger partial charge in [0, 0.05) is 18.8 Å². The van der Waals surface area contributed by atoms with Gasteiger partial charge in [-0.15, -0.1) is 0 Å². The van der Waals surface area contributed by atoms with E-state index >= 15 is 0 Å². The summed E-state index contributed by atoms with van der Waals surface area (Å²) in [6.45, 7) is 4.20. The van der Waals surface area contributed by atoms with Crippen molar-refractivity contribution in [3.05, 3.63) is 30.1 Å². The maximum Gasteiger partial charge on any atom is 0.123 e. The molecule has 0 saturated heterocycles. The lowest BCUT2D eigenvalue weighted by Crippen LogP contribution is -2.23. The molecule has 1 aromatic carbocycles. The van der Waals surface area contributed by atoms with Crippen LogP contribution in [-0.4, -0.2) is 18.8 Å². The number of unbranched alkanes of at least 4 members (excludes halogenated alkanes) is 6. The number of hydrogen-bond acceptors (Lipinski definition) is 2. The van der Waals surface area contributed by atoms with Crippen molar-refractivity contribution in [1.29, 1.82) is 0 Å². The topological polar surface area (TPSA) is 3.24 Å². The summed E-state index contributed by atoms with van der Waals surface area (Å²) in [6.07, 6.45) is 9.09. The number of anilines is 1. The summed E-state index contributed by atoms with van der Waals surface area (Å²) in [4.78, 5) is 2.32. The summed E-state index contributed by atoms with van der Waals surface area (Å²) < 4.78 is 12.9. The summed E-state index contributed by atoms with van der Waals surface area (Å²) in [5.74, 6) is 0.856. The molecule has 0 amide bonds. The molecule has 0 aliphatic carbocycles. The fraction of sp³-hybridized carbons (Fsp3) is 0.647. The zero-order valence-electron chi connectivity index (χ0n) is 12.7. The van der Waals surface area contributed by atoms with E-state index in [1.54, 1.807) is 12.1 Å². The van der Waals surface area contributed by atoms with Crippen LogP contribution in [0.2, 0.25) is 0 Å². The third-order valence-corrected chi connectivity index (χ3v) is 3.98. The van der Waals surface area contributed by atoms with Gasteiger partial charge in [-0.1, -0.05) is 32.1 Å².